The van der Waals surface area contributed by atoms with Crippen molar-refractivity contribution in [3.05, 3.63) is 29.3 Å². The Morgan fingerprint density at radius 3 is 2.86 bits per heavy atom. The molecule has 21 heavy (non-hydrogen) atoms. The summed E-state index contributed by atoms with van der Waals surface area (Å²) in [7, 11) is 0. The average molecular weight is 303 g/mol. The molecule has 4 heteroatoms. The van der Waals surface area contributed by atoms with Gasteiger partial charge < -0.3 is 5.32 Å². The summed E-state index contributed by atoms with van der Waals surface area (Å²) in [5, 5.41) is 4.91. The average Bonchev–Trinajstić information content (AvgIpc) is 2.79. The van der Waals surface area contributed by atoms with E-state index in [0.717, 1.165) is 25.2 Å². The van der Waals surface area contributed by atoms with Gasteiger partial charge in [-0.05, 0) is 31.9 Å². The van der Waals surface area contributed by atoms with Crippen LogP contribution in [0, 0.1) is 5.92 Å². The fraction of sp³-hybridized carbons (Fsp3) is 0.588. The van der Waals surface area contributed by atoms with Crippen LogP contribution in [-0.2, 0) is 6.54 Å². The Morgan fingerprint density at radius 2 is 2.14 bits per heavy atom. The fourth-order valence-corrected chi connectivity index (χ4v) is 4.18. The van der Waals surface area contributed by atoms with Gasteiger partial charge in [-0.2, -0.15) is 0 Å². The summed E-state index contributed by atoms with van der Waals surface area (Å²) in [4.78, 5) is 7.41. The fourth-order valence-electron chi connectivity index (χ4n) is 3.18. The predicted octanol–water partition coefficient (Wildman–Crippen LogP) is 3.50. The van der Waals surface area contributed by atoms with Crippen molar-refractivity contribution in [1.82, 2.24) is 15.2 Å². The van der Waals surface area contributed by atoms with Gasteiger partial charge in [0.15, 0.2) is 0 Å². The summed E-state index contributed by atoms with van der Waals surface area (Å²) < 4.78 is 1.29. The zero-order valence-corrected chi connectivity index (χ0v) is 14.2. The van der Waals surface area contributed by atoms with Gasteiger partial charge in [0, 0.05) is 24.7 Å². The summed E-state index contributed by atoms with van der Waals surface area (Å²) in [5.74, 6) is 0.656. The lowest BCUT2D eigenvalue weighted by Gasteiger charge is -2.46. The van der Waals surface area contributed by atoms with Crippen LogP contribution in [-0.4, -0.2) is 34.6 Å². The number of nitrogens with one attached hydrogen (secondary N) is 1. The quantitative estimate of drug-likeness (QED) is 0.940. The van der Waals surface area contributed by atoms with Crippen LogP contribution in [0.4, 0.5) is 0 Å². The summed E-state index contributed by atoms with van der Waals surface area (Å²) in [5.41, 5.74) is 1.32. The molecular weight excluding hydrogens is 278 g/mol. The van der Waals surface area contributed by atoms with Crippen LogP contribution < -0.4 is 5.32 Å². The number of piperazine rings is 1. The summed E-state index contributed by atoms with van der Waals surface area (Å²) in [6.45, 7) is 12.3. The predicted molar refractivity (Wildman–Crippen MR) is 90.7 cm³/mol. The van der Waals surface area contributed by atoms with Gasteiger partial charge >= 0.3 is 0 Å². The van der Waals surface area contributed by atoms with Crippen molar-refractivity contribution < 1.29 is 0 Å². The van der Waals surface area contributed by atoms with Crippen molar-refractivity contribution in [2.45, 2.75) is 45.8 Å². The van der Waals surface area contributed by atoms with Crippen LogP contribution in [0.15, 0.2) is 24.3 Å². The van der Waals surface area contributed by atoms with Crippen LogP contribution in [0.2, 0.25) is 0 Å². The highest BCUT2D eigenvalue weighted by molar-refractivity contribution is 7.18. The van der Waals surface area contributed by atoms with Gasteiger partial charge in [-0.3, -0.25) is 4.90 Å². The molecule has 0 bridgehead atoms. The van der Waals surface area contributed by atoms with Crippen LogP contribution >= 0.6 is 11.3 Å². The van der Waals surface area contributed by atoms with E-state index in [2.05, 4.69) is 62.2 Å². The van der Waals surface area contributed by atoms with Crippen LogP contribution in [0.25, 0.3) is 10.2 Å². The lowest BCUT2D eigenvalue weighted by atomic mass is 9.93. The monoisotopic (exact) mass is 303 g/mol. The van der Waals surface area contributed by atoms with Gasteiger partial charge in [0.05, 0.1) is 16.8 Å². The third-order valence-corrected chi connectivity index (χ3v) is 5.32. The van der Waals surface area contributed by atoms with E-state index < -0.39 is 0 Å². The van der Waals surface area contributed by atoms with Gasteiger partial charge in [0.2, 0.25) is 0 Å². The van der Waals surface area contributed by atoms with Crippen LogP contribution in [0.5, 0.6) is 0 Å². The molecule has 0 aliphatic carbocycles. The maximum atomic E-state index is 4.80. The topological polar surface area (TPSA) is 28.2 Å². The number of benzene rings is 1. The minimum atomic E-state index is 0.183. The number of nitrogens with zero attached hydrogens (tertiary/aromatic N) is 2. The van der Waals surface area contributed by atoms with E-state index in [4.69, 9.17) is 4.98 Å². The maximum absolute atomic E-state index is 4.80. The van der Waals surface area contributed by atoms with E-state index in [1.165, 1.54) is 9.71 Å². The molecule has 3 nitrogen and oxygen atoms in total. The van der Waals surface area contributed by atoms with Gasteiger partial charge in [0.1, 0.15) is 5.01 Å². The Bertz CT molecular complexity index is 584. The van der Waals surface area contributed by atoms with Crippen molar-refractivity contribution in [3.8, 4) is 0 Å². The molecule has 1 fully saturated rings. The Labute approximate surface area is 131 Å². The Hall–Kier alpha value is -0.970. The Morgan fingerprint density at radius 1 is 1.38 bits per heavy atom. The molecule has 3 rings (SSSR count). The molecule has 2 aromatic rings. The first kappa shape index (κ1) is 14.9. The Kier molecular flexibility index (Phi) is 4.04. The van der Waals surface area contributed by atoms with E-state index in [-0.39, 0.29) is 5.54 Å². The molecule has 0 radical (unpaired) electrons. The number of fused-ring (bicyclic) bond motifs is 1. The first-order valence-corrected chi connectivity index (χ1v) is 8.60. The smallest absolute Gasteiger partial charge is 0.108 e. The van der Waals surface area contributed by atoms with E-state index in [9.17, 15) is 0 Å². The molecule has 1 aliphatic heterocycles. The number of para-hydroxylation sites is 1. The molecule has 0 saturated carbocycles. The minimum Gasteiger partial charge on any atom is -0.309 e. The molecular formula is C17H25N3S. The van der Waals surface area contributed by atoms with Gasteiger partial charge in [-0.15, -0.1) is 11.3 Å². The second kappa shape index (κ2) is 5.67. The lowest BCUT2D eigenvalue weighted by Crippen LogP contribution is -2.62. The number of aromatic nitrogens is 1. The van der Waals surface area contributed by atoms with Crippen molar-refractivity contribution in [3.63, 3.8) is 0 Å². The number of thiazole rings is 1. The van der Waals surface area contributed by atoms with E-state index in [1.807, 2.05) is 11.3 Å². The zero-order chi connectivity index (χ0) is 15.0. The van der Waals surface area contributed by atoms with E-state index in [1.54, 1.807) is 0 Å². The maximum Gasteiger partial charge on any atom is 0.108 e. The zero-order valence-electron chi connectivity index (χ0n) is 13.4. The van der Waals surface area contributed by atoms with Crippen molar-refractivity contribution >= 4 is 21.6 Å². The molecule has 1 unspecified atom stereocenters. The summed E-state index contributed by atoms with van der Waals surface area (Å²) in [6.07, 6.45) is 0. The van der Waals surface area contributed by atoms with Crippen molar-refractivity contribution in [2.24, 2.45) is 5.92 Å². The third-order valence-electron chi connectivity index (χ3n) is 4.30. The second-order valence-corrected chi connectivity index (χ2v) is 8.17. The molecule has 0 amide bonds. The molecule has 1 aliphatic rings. The van der Waals surface area contributed by atoms with Crippen LogP contribution in [0.1, 0.15) is 32.7 Å². The molecule has 1 N–H and O–H groups in total. The molecule has 0 spiro atoms. The SMILES string of the molecule is CC(C)C1CNC(C)(C)CN1Cc1nc2ccccc2s1. The van der Waals surface area contributed by atoms with E-state index >= 15 is 0 Å². The van der Waals surface area contributed by atoms with Crippen molar-refractivity contribution in [2.75, 3.05) is 13.1 Å². The third kappa shape index (κ3) is 3.28. The molecule has 1 atom stereocenters. The van der Waals surface area contributed by atoms with Gasteiger partial charge in [0.25, 0.3) is 0 Å². The molecule has 2 heterocycles. The largest absolute Gasteiger partial charge is 0.309 e. The Balaban J connectivity index is 1.82. The molecule has 114 valence electrons. The standard InChI is InChI=1S/C17H25N3S/c1-12(2)14-9-18-17(3,4)11-20(14)10-16-19-13-7-5-6-8-15(13)21-16/h5-8,12,14,18H,9-11H2,1-4H3. The highest BCUT2D eigenvalue weighted by Gasteiger charge is 2.34. The lowest BCUT2D eigenvalue weighted by molar-refractivity contribution is 0.0627. The normalized spacial score (nSPS) is 23.0. The summed E-state index contributed by atoms with van der Waals surface area (Å²) in [6, 6.07) is 9.02. The van der Waals surface area contributed by atoms with Crippen LogP contribution in [0.3, 0.4) is 0 Å². The summed E-state index contributed by atoms with van der Waals surface area (Å²) >= 11 is 1.83. The first-order valence-electron chi connectivity index (χ1n) is 7.78. The van der Waals surface area contributed by atoms with Gasteiger partial charge in [-0.25, -0.2) is 4.98 Å². The van der Waals surface area contributed by atoms with Crippen molar-refractivity contribution in [1.29, 1.82) is 0 Å². The number of hydrogen-bond donors (Lipinski definition) is 1. The van der Waals surface area contributed by atoms with E-state index in [0.29, 0.717) is 12.0 Å². The first-order chi connectivity index (χ1) is 9.94. The number of hydrogen-bond acceptors (Lipinski definition) is 4. The minimum absolute atomic E-state index is 0.183. The number of rotatable bonds is 3. The highest BCUT2D eigenvalue weighted by Crippen LogP contribution is 2.26. The second-order valence-electron chi connectivity index (χ2n) is 7.06. The molecule has 1 saturated heterocycles. The molecule has 1 aromatic carbocycles. The highest BCUT2D eigenvalue weighted by atomic mass is 32.1. The van der Waals surface area contributed by atoms with Gasteiger partial charge in [-0.1, -0.05) is 26.0 Å². The molecule has 1 aromatic heterocycles.